The molecule has 3 heteroatoms. The zero-order valence-electron chi connectivity index (χ0n) is 10.5. The number of aliphatic carboxylic acids is 1. The molecule has 1 fully saturated rings. The van der Waals surface area contributed by atoms with Crippen LogP contribution in [-0.4, -0.2) is 17.1 Å². The minimum Gasteiger partial charge on any atom is -0.480 e. The average molecular weight is 246 g/mol. The van der Waals surface area contributed by atoms with Crippen LogP contribution in [-0.2, 0) is 11.2 Å². The van der Waals surface area contributed by atoms with Crippen molar-refractivity contribution in [1.82, 2.24) is 0 Å². The van der Waals surface area contributed by atoms with Gasteiger partial charge in [-0.2, -0.15) is 0 Å². The topological polar surface area (TPSA) is 63.3 Å². The second kappa shape index (κ2) is 7.88. The fourth-order valence-corrected chi connectivity index (χ4v) is 1.88. The van der Waals surface area contributed by atoms with Crippen LogP contribution in [0.1, 0.15) is 31.2 Å². The van der Waals surface area contributed by atoms with E-state index in [0.717, 1.165) is 18.4 Å². The molecule has 0 aliphatic heterocycles. The van der Waals surface area contributed by atoms with Gasteiger partial charge in [-0.3, -0.25) is 4.79 Å². The smallest absolute Gasteiger partial charge is 0.320 e. The molecule has 1 aliphatic rings. The summed E-state index contributed by atoms with van der Waals surface area (Å²) in [5.41, 5.74) is 6.30. The zero-order chi connectivity index (χ0) is 13.4. The van der Waals surface area contributed by atoms with Gasteiger partial charge in [0.15, 0.2) is 0 Å². The molecule has 0 aromatic heterocycles. The van der Waals surface area contributed by atoms with E-state index in [1.54, 1.807) is 0 Å². The fraction of sp³-hybridized carbons (Fsp3) is 0.467. The first-order valence-corrected chi connectivity index (χ1v) is 6.33. The normalized spacial score (nSPS) is 16.8. The molecule has 97 valence electrons. The van der Waals surface area contributed by atoms with Gasteiger partial charge in [-0.05, 0) is 37.7 Å². The molecule has 2 rings (SSSR count). The molecule has 1 saturated carbocycles. The van der Waals surface area contributed by atoms with Gasteiger partial charge in [0.1, 0.15) is 6.04 Å². The third-order valence-electron chi connectivity index (χ3n) is 2.97. The summed E-state index contributed by atoms with van der Waals surface area (Å²) in [5.74, 6) is -0.663. The molecule has 3 nitrogen and oxygen atoms in total. The number of hydrogen-bond donors (Lipinski definition) is 2. The molecule has 0 spiro atoms. The summed E-state index contributed by atoms with van der Waals surface area (Å²) in [6.45, 7) is 7.13. The highest BCUT2D eigenvalue weighted by Crippen LogP contribution is 2.22. The molecule has 0 saturated heterocycles. The van der Waals surface area contributed by atoms with Crippen LogP contribution < -0.4 is 5.73 Å². The third kappa shape index (κ3) is 5.82. The van der Waals surface area contributed by atoms with E-state index in [0.29, 0.717) is 12.3 Å². The van der Waals surface area contributed by atoms with Crippen molar-refractivity contribution in [1.29, 1.82) is 0 Å². The van der Waals surface area contributed by atoms with Crippen LogP contribution in [0.2, 0.25) is 0 Å². The molecular formula is C15H20NO2. The lowest BCUT2D eigenvalue weighted by molar-refractivity contribution is -0.138. The summed E-state index contributed by atoms with van der Waals surface area (Å²) in [5, 5.41) is 8.52. The van der Waals surface area contributed by atoms with Crippen LogP contribution >= 0.6 is 0 Å². The van der Waals surface area contributed by atoms with Gasteiger partial charge < -0.3 is 10.8 Å². The van der Waals surface area contributed by atoms with Crippen LogP contribution in [0.4, 0.5) is 0 Å². The Balaban J connectivity index is 0.000000225. The summed E-state index contributed by atoms with van der Waals surface area (Å²) >= 11 is 0. The number of benzene rings is 1. The van der Waals surface area contributed by atoms with Crippen molar-refractivity contribution >= 4 is 5.97 Å². The molecular weight excluding hydrogens is 226 g/mol. The summed E-state index contributed by atoms with van der Waals surface area (Å²) in [7, 11) is 0. The lowest BCUT2D eigenvalue weighted by Crippen LogP contribution is -2.32. The van der Waals surface area contributed by atoms with Crippen LogP contribution in [0.15, 0.2) is 30.3 Å². The Bertz CT molecular complexity index is 345. The quantitative estimate of drug-likeness (QED) is 0.860. The molecule has 18 heavy (non-hydrogen) atoms. The van der Waals surface area contributed by atoms with Gasteiger partial charge in [0.2, 0.25) is 0 Å². The Hall–Kier alpha value is -1.35. The maximum Gasteiger partial charge on any atom is 0.320 e. The Kier molecular flexibility index (Phi) is 6.44. The molecule has 0 amide bonds. The van der Waals surface area contributed by atoms with Crippen LogP contribution in [0, 0.1) is 12.8 Å². The molecule has 0 heterocycles. The summed E-state index contributed by atoms with van der Waals surface area (Å²) in [6, 6.07) is 8.54. The van der Waals surface area contributed by atoms with E-state index in [-0.39, 0.29) is 0 Å². The number of carboxylic acid groups (broad SMARTS) is 1. The van der Waals surface area contributed by atoms with E-state index in [4.69, 9.17) is 17.8 Å². The van der Waals surface area contributed by atoms with E-state index in [1.807, 2.05) is 30.3 Å². The highest BCUT2D eigenvalue weighted by molar-refractivity contribution is 5.73. The summed E-state index contributed by atoms with van der Waals surface area (Å²) < 4.78 is 0. The minimum atomic E-state index is -0.959. The largest absolute Gasteiger partial charge is 0.480 e. The molecule has 0 bridgehead atoms. The fourth-order valence-electron chi connectivity index (χ4n) is 1.88. The van der Waals surface area contributed by atoms with Crippen molar-refractivity contribution in [3.8, 4) is 0 Å². The number of hydrogen-bond acceptors (Lipinski definition) is 2. The zero-order valence-corrected chi connectivity index (χ0v) is 10.5. The van der Waals surface area contributed by atoms with E-state index >= 15 is 0 Å². The molecule has 1 aromatic carbocycles. The average Bonchev–Trinajstić information content (AvgIpc) is 2.82. The number of nitrogens with two attached hydrogens (primary N) is 1. The van der Waals surface area contributed by atoms with Gasteiger partial charge in [0.25, 0.3) is 0 Å². The summed E-state index contributed by atoms with van der Waals surface area (Å²) in [6.07, 6.45) is 5.29. The van der Waals surface area contributed by atoms with E-state index in [2.05, 4.69) is 0 Å². The van der Waals surface area contributed by atoms with E-state index < -0.39 is 12.0 Å². The molecule has 1 atom stereocenters. The van der Waals surface area contributed by atoms with Gasteiger partial charge in [0.05, 0.1) is 0 Å². The van der Waals surface area contributed by atoms with E-state index in [9.17, 15) is 4.79 Å². The van der Waals surface area contributed by atoms with E-state index in [1.165, 1.54) is 12.8 Å². The number of rotatable bonds is 3. The van der Waals surface area contributed by atoms with Crippen molar-refractivity contribution in [3.63, 3.8) is 0 Å². The first-order valence-electron chi connectivity index (χ1n) is 6.33. The maximum atomic E-state index is 10.4. The Morgan fingerprint density at radius 2 is 1.89 bits per heavy atom. The first-order chi connectivity index (χ1) is 8.59. The van der Waals surface area contributed by atoms with Gasteiger partial charge >= 0.3 is 5.97 Å². The highest BCUT2D eigenvalue weighted by atomic mass is 16.4. The van der Waals surface area contributed by atoms with Crippen LogP contribution in [0.5, 0.6) is 0 Å². The molecule has 3 N–H and O–H groups in total. The second-order valence-electron chi connectivity index (χ2n) is 4.62. The minimum absolute atomic E-state index is 0.296. The summed E-state index contributed by atoms with van der Waals surface area (Å²) in [4.78, 5) is 10.4. The monoisotopic (exact) mass is 246 g/mol. The highest BCUT2D eigenvalue weighted by Gasteiger charge is 2.11. The van der Waals surface area contributed by atoms with Crippen LogP contribution in [0.3, 0.4) is 0 Å². The second-order valence-corrected chi connectivity index (χ2v) is 4.62. The lowest BCUT2D eigenvalue weighted by Gasteiger charge is -2.04. The first kappa shape index (κ1) is 14.7. The van der Waals surface area contributed by atoms with Crippen molar-refractivity contribution < 1.29 is 9.90 Å². The Morgan fingerprint density at radius 3 is 2.28 bits per heavy atom. The van der Waals surface area contributed by atoms with Crippen molar-refractivity contribution in [2.24, 2.45) is 11.7 Å². The number of carboxylic acids is 1. The lowest BCUT2D eigenvalue weighted by atomic mass is 10.1. The molecule has 1 aromatic rings. The predicted octanol–water partition coefficient (Wildman–Crippen LogP) is 2.41. The molecule has 0 unspecified atom stereocenters. The predicted molar refractivity (Wildman–Crippen MR) is 71.0 cm³/mol. The SMILES string of the molecule is N[C@@H](Cc1ccccc1)C(=O)O.[C]C1CCCC1. The third-order valence-corrected chi connectivity index (χ3v) is 2.97. The van der Waals surface area contributed by atoms with Crippen molar-refractivity contribution in [2.45, 2.75) is 38.1 Å². The standard InChI is InChI=1S/C9H11NO2.C6H9/c10-8(9(11)12)6-7-4-2-1-3-5-7;1-6-4-2-3-5-6/h1-5,8H,6,10H2,(H,11,12);6H,2-5H2/t8-;/m0./s1. The number of carbonyl (C=O) groups is 1. The Labute approximate surface area is 109 Å². The molecule has 3 radical (unpaired) electrons. The van der Waals surface area contributed by atoms with Crippen molar-refractivity contribution in [3.05, 3.63) is 42.8 Å². The Morgan fingerprint density at radius 1 is 1.33 bits per heavy atom. The van der Waals surface area contributed by atoms with Gasteiger partial charge in [-0.1, -0.05) is 43.2 Å². The van der Waals surface area contributed by atoms with Gasteiger partial charge in [-0.25, -0.2) is 0 Å². The maximum absolute atomic E-state index is 10.4. The van der Waals surface area contributed by atoms with Gasteiger partial charge in [-0.15, -0.1) is 0 Å². The van der Waals surface area contributed by atoms with Crippen molar-refractivity contribution in [2.75, 3.05) is 0 Å². The van der Waals surface area contributed by atoms with Gasteiger partial charge in [0, 0.05) is 0 Å². The van der Waals surface area contributed by atoms with Crippen LogP contribution in [0.25, 0.3) is 0 Å². The molecule has 1 aliphatic carbocycles.